The minimum absolute atomic E-state index is 0.452. The van der Waals surface area contributed by atoms with E-state index in [0.717, 1.165) is 42.7 Å². The molecule has 1 aliphatic heterocycles. The van der Waals surface area contributed by atoms with Crippen molar-refractivity contribution in [1.29, 1.82) is 0 Å². The molecular weight excluding hydrogens is 238 g/mol. The van der Waals surface area contributed by atoms with Crippen molar-refractivity contribution < 1.29 is 0 Å². The van der Waals surface area contributed by atoms with Crippen LogP contribution in [0.4, 0.5) is 5.95 Å². The smallest absolute Gasteiger partial charge is 0.225 e. The van der Waals surface area contributed by atoms with Crippen molar-refractivity contribution in [1.82, 2.24) is 19.9 Å². The Bertz CT molecular complexity index is 529. The number of H-pyrrole nitrogens is 1. The van der Waals surface area contributed by atoms with Gasteiger partial charge in [-0.25, -0.2) is 15.0 Å². The van der Waals surface area contributed by atoms with Gasteiger partial charge in [0.25, 0.3) is 0 Å². The maximum Gasteiger partial charge on any atom is 0.225 e. The minimum atomic E-state index is 0.452. The summed E-state index contributed by atoms with van der Waals surface area (Å²) in [6, 6.07) is 2.01. The molecule has 2 aromatic heterocycles. The molecule has 19 heavy (non-hydrogen) atoms. The van der Waals surface area contributed by atoms with Crippen LogP contribution in [0.5, 0.6) is 0 Å². The monoisotopic (exact) mass is 257 g/mol. The summed E-state index contributed by atoms with van der Waals surface area (Å²) in [5.41, 5.74) is 2.06. The summed E-state index contributed by atoms with van der Waals surface area (Å²) in [6.45, 7) is 6.01. The molecule has 1 saturated heterocycles. The zero-order chi connectivity index (χ0) is 13.2. The predicted octanol–water partition coefficient (Wildman–Crippen LogP) is 2.20. The first-order chi connectivity index (χ1) is 9.22. The summed E-state index contributed by atoms with van der Waals surface area (Å²) in [5.74, 6) is 2.39. The zero-order valence-electron chi connectivity index (χ0n) is 11.4. The van der Waals surface area contributed by atoms with Crippen LogP contribution in [-0.2, 0) is 0 Å². The number of rotatable bonds is 2. The lowest BCUT2D eigenvalue weighted by atomic mass is 9.98. The Hall–Kier alpha value is -1.91. The Morgan fingerprint density at radius 2 is 2.05 bits per heavy atom. The van der Waals surface area contributed by atoms with E-state index >= 15 is 0 Å². The van der Waals surface area contributed by atoms with Crippen LogP contribution >= 0.6 is 0 Å². The van der Waals surface area contributed by atoms with Crippen LogP contribution in [0.3, 0.4) is 0 Å². The summed E-state index contributed by atoms with van der Waals surface area (Å²) >= 11 is 0. The predicted molar refractivity (Wildman–Crippen MR) is 74.3 cm³/mol. The second kappa shape index (κ2) is 4.99. The van der Waals surface area contributed by atoms with E-state index in [4.69, 9.17) is 0 Å². The zero-order valence-corrected chi connectivity index (χ0v) is 11.4. The van der Waals surface area contributed by atoms with Crippen molar-refractivity contribution in [2.75, 3.05) is 18.0 Å². The normalized spacial score (nSPS) is 19.7. The molecule has 100 valence electrons. The van der Waals surface area contributed by atoms with Gasteiger partial charge in [0, 0.05) is 42.8 Å². The van der Waals surface area contributed by atoms with Gasteiger partial charge in [0.15, 0.2) is 0 Å². The molecule has 0 aromatic carbocycles. The molecule has 5 heteroatoms. The van der Waals surface area contributed by atoms with E-state index in [-0.39, 0.29) is 0 Å². The standard InChI is InChI=1S/C14H19N5/c1-10-8-11(2)18-14(17-10)19-7-3-4-12(9-19)13-15-5-6-16-13/h5-6,8,12H,3-4,7,9H2,1-2H3,(H,15,16)/t12-/m1/s1. The Balaban J connectivity index is 1.81. The summed E-state index contributed by atoms with van der Waals surface area (Å²) in [5, 5.41) is 0. The second-order valence-corrected chi connectivity index (χ2v) is 5.21. The first kappa shape index (κ1) is 12.1. The lowest BCUT2D eigenvalue weighted by Crippen LogP contribution is -2.36. The van der Waals surface area contributed by atoms with Gasteiger partial charge >= 0.3 is 0 Å². The molecule has 1 atom stereocenters. The van der Waals surface area contributed by atoms with E-state index in [0.29, 0.717) is 5.92 Å². The molecule has 2 aromatic rings. The average Bonchev–Trinajstić information content (AvgIpc) is 2.92. The highest BCUT2D eigenvalue weighted by atomic mass is 15.3. The van der Waals surface area contributed by atoms with Gasteiger partial charge in [-0.05, 0) is 32.8 Å². The average molecular weight is 257 g/mol. The van der Waals surface area contributed by atoms with E-state index in [1.807, 2.05) is 32.3 Å². The molecule has 0 bridgehead atoms. The number of aromatic amines is 1. The van der Waals surface area contributed by atoms with E-state index in [9.17, 15) is 0 Å². The van der Waals surface area contributed by atoms with E-state index in [1.165, 1.54) is 6.42 Å². The van der Waals surface area contributed by atoms with Crippen molar-refractivity contribution in [2.24, 2.45) is 0 Å². The van der Waals surface area contributed by atoms with Crippen LogP contribution in [0.25, 0.3) is 0 Å². The molecule has 0 radical (unpaired) electrons. The highest BCUT2D eigenvalue weighted by Crippen LogP contribution is 2.26. The third-order valence-electron chi connectivity index (χ3n) is 3.58. The Kier molecular flexibility index (Phi) is 3.19. The van der Waals surface area contributed by atoms with Crippen LogP contribution in [-0.4, -0.2) is 33.0 Å². The van der Waals surface area contributed by atoms with Gasteiger partial charge in [-0.3, -0.25) is 0 Å². The minimum Gasteiger partial charge on any atom is -0.348 e. The highest BCUT2D eigenvalue weighted by Gasteiger charge is 2.24. The lowest BCUT2D eigenvalue weighted by molar-refractivity contribution is 0.488. The van der Waals surface area contributed by atoms with Gasteiger partial charge in [0.05, 0.1) is 0 Å². The molecule has 1 aliphatic rings. The van der Waals surface area contributed by atoms with Gasteiger partial charge in [0.1, 0.15) is 5.82 Å². The Labute approximate surface area is 113 Å². The topological polar surface area (TPSA) is 57.7 Å². The first-order valence-corrected chi connectivity index (χ1v) is 6.79. The van der Waals surface area contributed by atoms with Crippen LogP contribution in [0.2, 0.25) is 0 Å². The fraction of sp³-hybridized carbons (Fsp3) is 0.500. The third-order valence-corrected chi connectivity index (χ3v) is 3.58. The van der Waals surface area contributed by atoms with Crippen LogP contribution in [0, 0.1) is 13.8 Å². The van der Waals surface area contributed by atoms with Crippen molar-refractivity contribution in [3.8, 4) is 0 Å². The molecule has 0 amide bonds. The number of anilines is 1. The van der Waals surface area contributed by atoms with Gasteiger partial charge in [0.2, 0.25) is 5.95 Å². The summed E-state index contributed by atoms with van der Waals surface area (Å²) in [4.78, 5) is 19.0. The van der Waals surface area contributed by atoms with Crippen molar-refractivity contribution in [3.05, 3.63) is 35.7 Å². The number of hydrogen-bond donors (Lipinski definition) is 1. The molecule has 1 N–H and O–H groups in total. The van der Waals surface area contributed by atoms with E-state index in [2.05, 4.69) is 24.8 Å². The number of nitrogens with one attached hydrogen (secondary N) is 1. The largest absolute Gasteiger partial charge is 0.348 e. The van der Waals surface area contributed by atoms with Crippen molar-refractivity contribution in [3.63, 3.8) is 0 Å². The lowest BCUT2D eigenvalue weighted by Gasteiger charge is -2.32. The SMILES string of the molecule is Cc1cc(C)nc(N2CCC[C@@H](c3ncc[nH]3)C2)n1. The molecule has 0 saturated carbocycles. The van der Waals surface area contributed by atoms with Crippen molar-refractivity contribution in [2.45, 2.75) is 32.6 Å². The highest BCUT2D eigenvalue weighted by molar-refractivity contribution is 5.33. The third kappa shape index (κ3) is 2.59. The number of aromatic nitrogens is 4. The fourth-order valence-corrected chi connectivity index (χ4v) is 2.73. The Morgan fingerprint density at radius 3 is 2.74 bits per heavy atom. The van der Waals surface area contributed by atoms with E-state index < -0.39 is 0 Å². The molecule has 0 unspecified atom stereocenters. The van der Waals surface area contributed by atoms with Gasteiger partial charge in [-0.15, -0.1) is 0 Å². The second-order valence-electron chi connectivity index (χ2n) is 5.21. The number of piperidine rings is 1. The number of imidazole rings is 1. The van der Waals surface area contributed by atoms with Gasteiger partial charge in [-0.2, -0.15) is 0 Å². The van der Waals surface area contributed by atoms with Gasteiger partial charge in [-0.1, -0.05) is 0 Å². The summed E-state index contributed by atoms with van der Waals surface area (Å²) in [7, 11) is 0. The maximum absolute atomic E-state index is 4.56. The van der Waals surface area contributed by atoms with Crippen molar-refractivity contribution >= 4 is 5.95 Å². The molecule has 1 fully saturated rings. The maximum atomic E-state index is 4.56. The molecule has 5 nitrogen and oxygen atoms in total. The van der Waals surface area contributed by atoms with Gasteiger partial charge < -0.3 is 9.88 Å². The molecule has 0 spiro atoms. The fourth-order valence-electron chi connectivity index (χ4n) is 2.73. The summed E-state index contributed by atoms with van der Waals surface area (Å²) < 4.78 is 0. The quantitative estimate of drug-likeness (QED) is 0.896. The number of hydrogen-bond acceptors (Lipinski definition) is 4. The summed E-state index contributed by atoms with van der Waals surface area (Å²) in [6.07, 6.45) is 6.04. The van der Waals surface area contributed by atoms with Crippen LogP contribution < -0.4 is 4.90 Å². The molecule has 3 heterocycles. The van der Waals surface area contributed by atoms with E-state index in [1.54, 1.807) is 0 Å². The molecular formula is C14H19N5. The number of aryl methyl sites for hydroxylation is 2. The molecule has 3 rings (SSSR count). The van der Waals surface area contributed by atoms with Crippen LogP contribution in [0.15, 0.2) is 18.5 Å². The number of nitrogens with zero attached hydrogens (tertiary/aromatic N) is 4. The Morgan fingerprint density at radius 1 is 1.26 bits per heavy atom. The van der Waals surface area contributed by atoms with Crippen LogP contribution in [0.1, 0.15) is 36.0 Å². The first-order valence-electron chi connectivity index (χ1n) is 6.79. The molecule has 0 aliphatic carbocycles.